The fourth-order valence-electron chi connectivity index (χ4n) is 3.24. The van der Waals surface area contributed by atoms with Gasteiger partial charge in [-0.05, 0) is 36.8 Å². The van der Waals surface area contributed by atoms with Gasteiger partial charge in [0.05, 0.1) is 17.9 Å². The number of thioether (sulfide) groups is 1. The Labute approximate surface area is 201 Å². The molecule has 2 N–H and O–H groups in total. The molecule has 0 bridgehead atoms. The van der Waals surface area contributed by atoms with Crippen molar-refractivity contribution in [3.63, 3.8) is 0 Å². The SMILES string of the molecule is Cc1sc(NC(=O)CSc2ccc(NC(=O)Cc3ccccc3)cc2)nc1-c1ccccc1. The number of aromatic nitrogens is 1. The highest BCUT2D eigenvalue weighted by molar-refractivity contribution is 8.00. The molecule has 0 aliphatic rings. The minimum Gasteiger partial charge on any atom is -0.326 e. The molecule has 1 aromatic heterocycles. The lowest BCUT2D eigenvalue weighted by Crippen LogP contribution is -2.14. The zero-order chi connectivity index (χ0) is 23.0. The molecule has 33 heavy (non-hydrogen) atoms. The van der Waals surface area contributed by atoms with Gasteiger partial charge in [0.25, 0.3) is 0 Å². The molecule has 0 fully saturated rings. The molecule has 4 rings (SSSR count). The third kappa shape index (κ3) is 6.54. The van der Waals surface area contributed by atoms with Crippen molar-refractivity contribution in [2.45, 2.75) is 18.2 Å². The van der Waals surface area contributed by atoms with Crippen LogP contribution in [0.3, 0.4) is 0 Å². The highest BCUT2D eigenvalue weighted by atomic mass is 32.2. The Hall–Kier alpha value is -3.42. The molecular formula is C26H23N3O2S2. The maximum Gasteiger partial charge on any atom is 0.236 e. The smallest absolute Gasteiger partial charge is 0.236 e. The van der Waals surface area contributed by atoms with Crippen molar-refractivity contribution in [2.24, 2.45) is 0 Å². The van der Waals surface area contributed by atoms with Gasteiger partial charge >= 0.3 is 0 Å². The standard InChI is InChI=1S/C26H23N3O2S2/c1-18-25(20-10-6-3-7-11-20)29-26(33-18)28-24(31)17-32-22-14-12-21(13-15-22)27-23(30)16-19-8-4-2-5-9-19/h2-15H,16-17H2,1H3,(H,27,30)(H,28,29,31). The van der Waals surface area contributed by atoms with Crippen LogP contribution in [0.5, 0.6) is 0 Å². The Morgan fingerprint density at radius 2 is 1.52 bits per heavy atom. The largest absolute Gasteiger partial charge is 0.326 e. The van der Waals surface area contributed by atoms with E-state index in [2.05, 4.69) is 15.6 Å². The van der Waals surface area contributed by atoms with Crippen LogP contribution in [0.4, 0.5) is 10.8 Å². The number of carbonyl (C=O) groups is 2. The maximum absolute atomic E-state index is 12.4. The number of thiazole rings is 1. The van der Waals surface area contributed by atoms with E-state index in [9.17, 15) is 9.59 Å². The van der Waals surface area contributed by atoms with E-state index < -0.39 is 0 Å². The first-order valence-electron chi connectivity index (χ1n) is 10.5. The van der Waals surface area contributed by atoms with E-state index in [1.165, 1.54) is 23.1 Å². The highest BCUT2D eigenvalue weighted by Gasteiger charge is 2.12. The summed E-state index contributed by atoms with van der Waals surface area (Å²) in [6.45, 7) is 2.00. The van der Waals surface area contributed by atoms with Gasteiger partial charge in [-0.3, -0.25) is 9.59 Å². The number of aryl methyl sites for hydroxylation is 1. The molecule has 2 amide bonds. The van der Waals surface area contributed by atoms with Crippen molar-refractivity contribution in [1.29, 1.82) is 0 Å². The minimum absolute atomic E-state index is 0.0606. The van der Waals surface area contributed by atoms with Crippen LogP contribution in [-0.4, -0.2) is 22.6 Å². The van der Waals surface area contributed by atoms with Gasteiger partial charge in [0.2, 0.25) is 11.8 Å². The summed E-state index contributed by atoms with van der Waals surface area (Å²) in [6.07, 6.45) is 0.333. The minimum atomic E-state index is -0.103. The molecule has 0 saturated carbocycles. The van der Waals surface area contributed by atoms with Gasteiger partial charge in [0, 0.05) is 21.0 Å². The summed E-state index contributed by atoms with van der Waals surface area (Å²) >= 11 is 2.91. The lowest BCUT2D eigenvalue weighted by atomic mass is 10.1. The highest BCUT2D eigenvalue weighted by Crippen LogP contribution is 2.30. The summed E-state index contributed by atoms with van der Waals surface area (Å²) in [7, 11) is 0. The van der Waals surface area contributed by atoms with Crippen molar-refractivity contribution in [2.75, 3.05) is 16.4 Å². The molecule has 7 heteroatoms. The van der Waals surface area contributed by atoms with Gasteiger partial charge in [-0.2, -0.15) is 0 Å². The van der Waals surface area contributed by atoms with E-state index in [4.69, 9.17) is 0 Å². The van der Waals surface area contributed by atoms with Crippen molar-refractivity contribution in [1.82, 2.24) is 4.98 Å². The van der Waals surface area contributed by atoms with Crippen LogP contribution in [0.1, 0.15) is 10.4 Å². The Kier molecular flexibility index (Phi) is 7.55. The fraction of sp³-hybridized carbons (Fsp3) is 0.115. The molecule has 166 valence electrons. The molecule has 0 unspecified atom stereocenters. The number of nitrogens with one attached hydrogen (secondary N) is 2. The molecule has 0 saturated heterocycles. The zero-order valence-corrected chi connectivity index (χ0v) is 19.7. The maximum atomic E-state index is 12.4. The first-order chi connectivity index (χ1) is 16.1. The molecule has 4 aromatic rings. The molecule has 1 heterocycles. The lowest BCUT2D eigenvalue weighted by molar-refractivity contribution is -0.115. The fourth-order valence-corrected chi connectivity index (χ4v) is 4.79. The summed E-state index contributed by atoms with van der Waals surface area (Å²) < 4.78 is 0. The van der Waals surface area contributed by atoms with E-state index in [0.717, 1.165) is 32.3 Å². The quantitative estimate of drug-likeness (QED) is 0.307. The van der Waals surface area contributed by atoms with Gasteiger partial charge in [0.1, 0.15) is 0 Å². The molecule has 0 aliphatic carbocycles. The second-order valence-corrected chi connectivity index (χ2v) is 9.61. The monoisotopic (exact) mass is 473 g/mol. The Morgan fingerprint density at radius 3 is 2.21 bits per heavy atom. The second-order valence-electron chi connectivity index (χ2n) is 7.36. The molecule has 0 atom stereocenters. The van der Waals surface area contributed by atoms with Gasteiger partial charge in [-0.25, -0.2) is 4.98 Å². The van der Waals surface area contributed by atoms with Crippen molar-refractivity contribution >= 4 is 45.7 Å². The van der Waals surface area contributed by atoms with E-state index >= 15 is 0 Å². The second kappa shape index (κ2) is 10.9. The van der Waals surface area contributed by atoms with Crippen LogP contribution in [0.2, 0.25) is 0 Å². The predicted molar refractivity (Wildman–Crippen MR) is 137 cm³/mol. The van der Waals surface area contributed by atoms with E-state index in [0.29, 0.717) is 11.6 Å². The van der Waals surface area contributed by atoms with Gasteiger partial charge in [-0.15, -0.1) is 23.1 Å². The Morgan fingerprint density at radius 1 is 0.848 bits per heavy atom. The van der Waals surface area contributed by atoms with E-state index in [1.54, 1.807) is 0 Å². The number of hydrogen-bond acceptors (Lipinski definition) is 5. The molecule has 3 aromatic carbocycles. The van der Waals surface area contributed by atoms with Gasteiger partial charge in [-0.1, -0.05) is 60.7 Å². The summed E-state index contributed by atoms with van der Waals surface area (Å²) in [6, 6.07) is 27.1. The van der Waals surface area contributed by atoms with Crippen LogP contribution >= 0.6 is 23.1 Å². The first-order valence-corrected chi connectivity index (χ1v) is 12.3. The number of nitrogens with zero attached hydrogens (tertiary/aromatic N) is 1. The number of hydrogen-bond donors (Lipinski definition) is 2. The average Bonchev–Trinajstić information content (AvgIpc) is 3.19. The van der Waals surface area contributed by atoms with Crippen LogP contribution < -0.4 is 10.6 Å². The van der Waals surface area contributed by atoms with Crippen LogP contribution in [0, 0.1) is 6.92 Å². The summed E-state index contributed by atoms with van der Waals surface area (Å²) in [5.74, 6) is 0.113. The Bertz CT molecular complexity index is 1220. The van der Waals surface area contributed by atoms with Crippen molar-refractivity contribution in [3.05, 3.63) is 95.4 Å². The van der Waals surface area contributed by atoms with E-state index in [-0.39, 0.29) is 17.6 Å². The molecule has 0 spiro atoms. The number of rotatable bonds is 8. The van der Waals surface area contributed by atoms with Gasteiger partial charge in [0.15, 0.2) is 5.13 Å². The van der Waals surface area contributed by atoms with Crippen LogP contribution in [0.15, 0.2) is 89.8 Å². The number of carbonyl (C=O) groups excluding carboxylic acids is 2. The Balaban J connectivity index is 1.26. The number of anilines is 2. The summed E-state index contributed by atoms with van der Waals surface area (Å²) in [5, 5.41) is 6.40. The predicted octanol–water partition coefficient (Wildman–Crippen LogP) is 6.03. The molecular weight excluding hydrogens is 450 g/mol. The topological polar surface area (TPSA) is 71.1 Å². The summed E-state index contributed by atoms with van der Waals surface area (Å²) in [5.41, 5.74) is 3.64. The number of benzene rings is 3. The lowest BCUT2D eigenvalue weighted by Gasteiger charge is -2.07. The van der Waals surface area contributed by atoms with Gasteiger partial charge < -0.3 is 10.6 Å². The molecule has 0 radical (unpaired) electrons. The van der Waals surface area contributed by atoms with Crippen molar-refractivity contribution in [3.8, 4) is 11.3 Å². The van der Waals surface area contributed by atoms with Crippen LogP contribution in [0.25, 0.3) is 11.3 Å². The third-order valence-corrected chi connectivity index (χ3v) is 6.70. The molecule has 0 aliphatic heterocycles. The molecule has 5 nitrogen and oxygen atoms in total. The zero-order valence-electron chi connectivity index (χ0n) is 18.1. The average molecular weight is 474 g/mol. The first kappa shape index (κ1) is 22.8. The van der Waals surface area contributed by atoms with Crippen molar-refractivity contribution < 1.29 is 9.59 Å². The van der Waals surface area contributed by atoms with Crippen LogP contribution in [-0.2, 0) is 16.0 Å². The third-order valence-electron chi connectivity index (χ3n) is 4.81. The number of amides is 2. The normalized spacial score (nSPS) is 10.6. The van der Waals surface area contributed by atoms with E-state index in [1.807, 2.05) is 91.9 Å². The summed E-state index contributed by atoms with van der Waals surface area (Å²) in [4.78, 5) is 31.2.